The van der Waals surface area contributed by atoms with Gasteiger partial charge in [0.15, 0.2) is 0 Å². The van der Waals surface area contributed by atoms with E-state index >= 15 is 0 Å². The van der Waals surface area contributed by atoms with Crippen LogP contribution in [-0.4, -0.2) is 30.3 Å². The van der Waals surface area contributed by atoms with Crippen LogP contribution in [0.3, 0.4) is 0 Å². The van der Waals surface area contributed by atoms with Crippen molar-refractivity contribution in [2.45, 2.75) is 69.9 Å². The number of benzene rings is 2. The Morgan fingerprint density at radius 2 is 1.41 bits per heavy atom. The Balaban J connectivity index is 1.81. The molecular weight excluding hydrogens is 384 g/mol. The van der Waals surface area contributed by atoms with Crippen LogP contribution in [0, 0.1) is 6.92 Å². The van der Waals surface area contributed by atoms with Gasteiger partial charge in [-0.05, 0) is 90.3 Å². The standard InChI is InChI=1S/C23H30N2O3S/c1-17-7-13-20(14-8-17)29(27,28)24-19-11-9-18(10-12-19)21(26)25-22(2,3)15-6-16-23(25,4)5/h7-14,24H,6,15-16H2,1-5H3. The molecule has 1 aliphatic heterocycles. The van der Waals surface area contributed by atoms with E-state index in [-0.39, 0.29) is 21.9 Å². The lowest BCUT2D eigenvalue weighted by Gasteiger charge is -2.53. The summed E-state index contributed by atoms with van der Waals surface area (Å²) in [6.45, 7) is 10.3. The SMILES string of the molecule is Cc1ccc(S(=O)(=O)Nc2ccc(C(=O)N3C(C)(C)CCCC3(C)C)cc2)cc1. The smallest absolute Gasteiger partial charge is 0.261 e. The van der Waals surface area contributed by atoms with Crippen LogP contribution in [0.4, 0.5) is 5.69 Å². The molecule has 0 spiro atoms. The van der Waals surface area contributed by atoms with Gasteiger partial charge in [0, 0.05) is 22.3 Å². The minimum atomic E-state index is -3.67. The molecule has 0 aliphatic carbocycles. The van der Waals surface area contributed by atoms with Gasteiger partial charge in [-0.3, -0.25) is 9.52 Å². The fourth-order valence-electron chi connectivity index (χ4n) is 4.29. The number of anilines is 1. The zero-order chi connectivity index (χ0) is 21.4. The number of likely N-dealkylation sites (tertiary alicyclic amines) is 1. The minimum absolute atomic E-state index is 0.0207. The molecule has 1 amide bonds. The number of hydrogen-bond acceptors (Lipinski definition) is 3. The molecule has 1 heterocycles. The summed E-state index contributed by atoms with van der Waals surface area (Å²) in [5.74, 6) is -0.0207. The first kappa shape index (κ1) is 21.4. The molecule has 3 rings (SSSR count). The molecule has 1 saturated heterocycles. The van der Waals surface area contributed by atoms with Crippen LogP contribution in [0.25, 0.3) is 0 Å². The Bertz CT molecular complexity index is 975. The van der Waals surface area contributed by atoms with Crippen molar-refractivity contribution in [1.82, 2.24) is 4.90 Å². The second-order valence-corrected chi connectivity index (χ2v) is 10.8. The van der Waals surface area contributed by atoms with E-state index in [2.05, 4.69) is 32.4 Å². The average Bonchev–Trinajstić information content (AvgIpc) is 2.60. The van der Waals surface area contributed by atoms with Crippen molar-refractivity contribution in [3.8, 4) is 0 Å². The van der Waals surface area contributed by atoms with Crippen LogP contribution in [0.1, 0.15) is 62.9 Å². The fraction of sp³-hybridized carbons (Fsp3) is 0.435. The molecule has 0 saturated carbocycles. The minimum Gasteiger partial charge on any atom is -0.328 e. The summed E-state index contributed by atoms with van der Waals surface area (Å²) in [5.41, 5.74) is 1.55. The van der Waals surface area contributed by atoms with Crippen molar-refractivity contribution in [2.24, 2.45) is 0 Å². The molecule has 5 nitrogen and oxygen atoms in total. The van der Waals surface area contributed by atoms with E-state index in [1.165, 1.54) is 0 Å². The Kier molecular flexibility index (Phi) is 5.52. The highest BCUT2D eigenvalue weighted by Gasteiger charge is 2.44. The highest BCUT2D eigenvalue weighted by Crippen LogP contribution is 2.39. The Morgan fingerprint density at radius 3 is 1.93 bits per heavy atom. The first-order valence-electron chi connectivity index (χ1n) is 9.97. The maximum Gasteiger partial charge on any atom is 0.261 e. The Morgan fingerprint density at radius 1 is 0.897 bits per heavy atom. The van der Waals surface area contributed by atoms with Crippen molar-refractivity contribution >= 4 is 21.6 Å². The summed E-state index contributed by atoms with van der Waals surface area (Å²) in [7, 11) is -3.67. The second kappa shape index (κ2) is 7.48. The monoisotopic (exact) mass is 414 g/mol. The summed E-state index contributed by atoms with van der Waals surface area (Å²) in [4.78, 5) is 15.5. The van der Waals surface area contributed by atoms with E-state index in [4.69, 9.17) is 0 Å². The number of rotatable bonds is 4. The number of amides is 1. The van der Waals surface area contributed by atoms with Crippen molar-refractivity contribution in [1.29, 1.82) is 0 Å². The zero-order valence-corrected chi connectivity index (χ0v) is 18.6. The van der Waals surface area contributed by atoms with Crippen molar-refractivity contribution in [3.05, 3.63) is 59.7 Å². The molecule has 0 unspecified atom stereocenters. The Labute approximate surface area is 174 Å². The molecule has 29 heavy (non-hydrogen) atoms. The predicted molar refractivity (Wildman–Crippen MR) is 117 cm³/mol. The van der Waals surface area contributed by atoms with Crippen molar-refractivity contribution in [2.75, 3.05) is 4.72 Å². The molecule has 2 aromatic rings. The third-order valence-corrected chi connectivity index (χ3v) is 7.10. The molecule has 1 N–H and O–H groups in total. The third-order valence-electron chi connectivity index (χ3n) is 5.71. The second-order valence-electron chi connectivity index (χ2n) is 9.11. The highest BCUT2D eigenvalue weighted by molar-refractivity contribution is 7.92. The van der Waals surface area contributed by atoms with Gasteiger partial charge in [0.2, 0.25) is 0 Å². The number of carbonyl (C=O) groups excluding carboxylic acids is 1. The van der Waals surface area contributed by atoms with E-state index in [1.54, 1.807) is 48.5 Å². The van der Waals surface area contributed by atoms with Crippen LogP contribution in [0.15, 0.2) is 53.4 Å². The van der Waals surface area contributed by atoms with Gasteiger partial charge in [0.05, 0.1) is 4.90 Å². The van der Waals surface area contributed by atoms with E-state index in [0.29, 0.717) is 11.3 Å². The molecule has 1 aliphatic rings. The lowest BCUT2D eigenvalue weighted by Crippen LogP contribution is -2.60. The van der Waals surface area contributed by atoms with Gasteiger partial charge in [-0.25, -0.2) is 8.42 Å². The number of piperidine rings is 1. The van der Waals surface area contributed by atoms with E-state index < -0.39 is 10.0 Å². The number of nitrogens with one attached hydrogen (secondary N) is 1. The number of aryl methyl sites for hydroxylation is 1. The van der Waals surface area contributed by atoms with Gasteiger partial charge in [-0.15, -0.1) is 0 Å². The molecule has 156 valence electrons. The van der Waals surface area contributed by atoms with Crippen LogP contribution >= 0.6 is 0 Å². The molecule has 0 atom stereocenters. The van der Waals surface area contributed by atoms with E-state index in [1.807, 2.05) is 11.8 Å². The fourth-order valence-corrected chi connectivity index (χ4v) is 5.35. The van der Waals surface area contributed by atoms with Crippen molar-refractivity contribution < 1.29 is 13.2 Å². The molecule has 1 fully saturated rings. The van der Waals surface area contributed by atoms with Gasteiger partial charge in [-0.2, -0.15) is 0 Å². The first-order chi connectivity index (χ1) is 13.4. The zero-order valence-electron chi connectivity index (χ0n) is 17.8. The number of hydrogen-bond donors (Lipinski definition) is 1. The summed E-state index contributed by atoms with van der Waals surface area (Å²) >= 11 is 0. The van der Waals surface area contributed by atoms with Crippen LogP contribution < -0.4 is 4.72 Å². The van der Waals surface area contributed by atoms with Gasteiger partial charge < -0.3 is 4.90 Å². The maximum atomic E-state index is 13.3. The van der Waals surface area contributed by atoms with E-state index in [0.717, 1.165) is 24.8 Å². The van der Waals surface area contributed by atoms with Crippen LogP contribution in [0.2, 0.25) is 0 Å². The number of carbonyl (C=O) groups is 1. The summed E-state index contributed by atoms with van der Waals surface area (Å²) < 4.78 is 27.7. The lowest BCUT2D eigenvalue weighted by molar-refractivity contribution is -0.0111. The molecule has 2 aromatic carbocycles. The molecular formula is C23H30N2O3S. The van der Waals surface area contributed by atoms with Crippen LogP contribution in [-0.2, 0) is 10.0 Å². The lowest BCUT2D eigenvalue weighted by atomic mass is 9.79. The van der Waals surface area contributed by atoms with Crippen molar-refractivity contribution in [3.63, 3.8) is 0 Å². The van der Waals surface area contributed by atoms with E-state index in [9.17, 15) is 13.2 Å². The van der Waals surface area contributed by atoms with Gasteiger partial charge >= 0.3 is 0 Å². The summed E-state index contributed by atoms with van der Waals surface area (Å²) in [6.07, 6.45) is 3.04. The maximum absolute atomic E-state index is 13.3. The highest BCUT2D eigenvalue weighted by atomic mass is 32.2. The van der Waals surface area contributed by atoms with Gasteiger partial charge in [-0.1, -0.05) is 17.7 Å². The topological polar surface area (TPSA) is 66.5 Å². The van der Waals surface area contributed by atoms with Crippen LogP contribution in [0.5, 0.6) is 0 Å². The molecule has 0 aromatic heterocycles. The summed E-state index contributed by atoms with van der Waals surface area (Å²) in [6, 6.07) is 13.3. The average molecular weight is 415 g/mol. The molecule has 0 radical (unpaired) electrons. The van der Waals surface area contributed by atoms with Gasteiger partial charge in [0.1, 0.15) is 0 Å². The van der Waals surface area contributed by atoms with Gasteiger partial charge in [0.25, 0.3) is 15.9 Å². The first-order valence-corrected chi connectivity index (χ1v) is 11.4. The number of sulfonamides is 1. The molecule has 6 heteroatoms. The largest absolute Gasteiger partial charge is 0.328 e. The quantitative estimate of drug-likeness (QED) is 0.767. The summed E-state index contributed by atoms with van der Waals surface area (Å²) in [5, 5.41) is 0. The predicted octanol–water partition coefficient (Wildman–Crippen LogP) is 4.98. The normalized spacial score (nSPS) is 18.3. The number of nitrogens with zero attached hydrogens (tertiary/aromatic N) is 1. The molecule has 0 bridgehead atoms. The Hall–Kier alpha value is -2.34. The third kappa shape index (κ3) is 4.47.